The van der Waals surface area contributed by atoms with Gasteiger partial charge in [-0.1, -0.05) is 20.8 Å². The van der Waals surface area contributed by atoms with Crippen LogP contribution in [0.3, 0.4) is 0 Å². The van der Waals surface area contributed by atoms with E-state index in [0.29, 0.717) is 6.54 Å². The van der Waals surface area contributed by atoms with Crippen LogP contribution in [0.25, 0.3) is 0 Å². The van der Waals surface area contributed by atoms with Gasteiger partial charge in [-0.2, -0.15) is 5.10 Å². The van der Waals surface area contributed by atoms with Gasteiger partial charge in [-0.05, 0) is 6.42 Å². The standard InChI is InChI=1S/C10H19N3O/c1-4-8(14)7-13-10(6-3)11-9(5-2)12-13/h8,14H,4-7H2,1-3H3. The van der Waals surface area contributed by atoms with E-state index in [2.05, 4.69) is 17.0 Å². The highest BCUT2D eigenvalue weighted by Crippen LogP contribution is 2.03. The topological polar surface area (TPSA) is 50.9 Å². The van der Waals surface area contributed by atoms with E-state index >= 15 is 0 Å². The minimum absolute atomic E-state index is 0.313. The molecule has 1 atom stereocenters. The predicted octanol–water partition coefficient (Wildman–Crippen LogP) is 1.17. The summed E-state index contributed by atoms with van der Waals surface area (Å²) in [6, 6.07) is 0. The fourth-order valence-corrected chi connectivity index (χ4v) is 1.31. The summed E-state index contributed by atoms with van der Waals surface area (Å²) in [6.07, 6.45) is 2.16. The van der Waals surface area contributed by atoms with E-state index in [4.69, 9.17) is 0 Å². The van der Waals surface area contributed by atoms with Crippen molar-refractivity contribution in [1.82, 2.24) is 14.8 Å². The normalized spacial score (nSPS) is 13.1. The Kier molecular flexibility index (Phi) is 4.07. The molecule has 1 aromatic heterocycles. The average molecular weight is 197 g/mol. The van der Waals surface area contributed by atoms with Crippen LogP contribution >= 0.6 is 0 Å². The highest BCUT2D eigenvalue weighted by molar-refractivity contribution is 4.92. The SMILES string of the molecule is CCc1nc(CC)n(CC(O)CC)n1. The Morgan fingerprint density at radius 3 is 2.50 bits per heavy atom. The molecule has 80 valence electrons. The Morgan fingerprint density at radius 2 is 2.00 bits per heavy atom. The number of rotatable bonds is 5. The van der Waals surface area contributed by atoms with Gasteiger partial charge in [0, 0.05) is 12.8 Å². The van der Waals surface area contributed by atoms with E-state index < -0.39 is 0 Å². The maximum atomic E-state index is 9.52. The van der Waals surface area contributed by atoms with E-state index in [9.17, 15) is 5.11 Å². The Bertz CT molecular complexity index is 283. The Labute approximate surface area is 85.0 Å². The summed E-state index contributed by atoms with van der Waals surface area (Å²) in [6.45, 7) is 6.62. The molecular weight excluding hydrogens is 178 g/mol. The quantitative estimate of drug-likeness (QED) is 0.771. The first kappa shape index (κ1) is 11.2. The van der Waals surface area contributed by atoms with Crippen LogP contribution in [-0.2, 0) is 19.4 Å². The van der Waals surface area contributed by atoms with Gasteiger partial charge in [0.2, 0.25) is 0 Å². The summed E-state index contributed by atoms with van der Waals surface area (Å²) in [5.74, 6) is 1.83. The van der Waals surface area contributed by atoms with Gasteiger partial charge in [-0.15, -0.1) is 0 Å². The molecule has 0 amide bonds. The van der Waals surface area contributed by atoms with Crippen molar-refractivity contribution in [3.8, 4) is 0 Å². The van der Waals surface area contributed by atoms with Gasteiger partial charge in [-0.25, -0.2) is 9.67 Å². The lowest BCUT2D eigenvalue weighted by atomic mass is 10.3. The summed E-state index contributed by atoms with van der Waals surface area (Å²) in [7, 11) is 0. The van der Waals surface area contributed by atoms with Crippen LogP contribution in [0.1, 0.15) is 38.8 Å². The zero-order valence-corrected chi connectivity index (χ0v) is 9.19. The number of hydrogen-bond donors (Lipinski definition) is 1. The van der Waals surface area contributed by atoms with Gasteiger partial charge in [0.05, 0.1) is 12.6 Å². The minimum Gasteiger partial charge on any atom is -0.391 e. The molecule has 0 saturated carbocycles. The van der Waals surface area contributed by atoms with Gasteiger partial charge >= 0.3 is 0 Å². The second-order valence-electron chi connectivity index (χ2n) is 3.40. The fourth-order valence-electron chi connectivity index (χ4n) is 1.31. The highest BCUT2D eigenvalue weighted by atomic mass is 16.3. The fraction of sp³-hybridized carbons (Fsp3) is 0.800. The first-order valence-electron chi connectivity index (χ1n) is 5.31. The summed E-state index contributed by atoms with van der Waals surface area (Å²) in [5, 5.41) is 13.9. The largest absolute Gasteiger partial charge is 0.391 e. The number of aromatic nitrogens is 3. The van der Waals surface area contributed by atoms with E-state index in [1.807, 2.05) is 18.5 Å². The molecule has 0 spiro atoms. The van der Waals surface area contributed by atoms with Crippen molar-refractivity contribution in [3.05, 3.63) is 11.6 Å². The first-order chi connectivity index (χ1) is 6.71. The van der Waals surface area contributed by atoms with E-state index in [0.717, 1.165) is 30.9 Å². The molecule has 0 radical (unpaired) electrons. The summed E-state index contributed by atoms with van der Waals surface area (Å²) in [5.41, 5.74) is 0. The molecule has 0 aliphatic carbocycles. The third-order valence-corrected chi connectivity index (χ3v) is 2.28. The van der Waals surface area contributed by atoms with Crippen LogP contribution in [0.15, 0.2) is 0 Å². The predicted molar refractivity (Wildman–Crippen MR) is 55.1 cm³/mol. The molecule has 1 unspecified atom stereocenters. The van der Waals surface area contributed by atoms with E-state index in [1.165, 1.54) is 0 Å². The highest BCUT2D eigenvalue weighted by Gasteiger charge is 2.09. The molecule has 1 aromatic rings. The maximum absolute atomic E-state index is 9.52. The van der Waals surface area contributed by atoms with Gasteiger partial charge < -0.3 is 5.11 Å². The number of nitrogens with zero attached hydrogens (tertiary/aromatic N) is 3. The van der Waals surface area contributed by atoms with Crippen LogP contribution in [0.4, 0.5) is 0 Å². The molecule has 0 aliphatic rings. The number of aryl methyl sites for hydroxylation is 2. The third kappa shape index (κ3) is 2.54. The third-order valence-electron chi connectivity index (χ3n) is 2.28. The lowest BCUT2D eigenvalue weighted by Crippen LogP contribution is -2.17. The van der Waals surface area contributed by atoms with Gasteiger partial charge in [0.15, 0.2) is 5.82 Å². The van der Waals surface area contributed by atoms with Crippen molar-refractivity contribution in [3.63, 3.8) is 0 Å². The molecule has 0 aromatic carbocycles. The van der Waals surface area contributed by atoms with E-state index in [-0.39, 0.29) is 6.10 Å². The summed E-state index contributed by atoms with van der Waals surface area (Å²) < 4.78 is 1.83. The molecule has 4 nitrogen and oxygen atoms in total. The first-order valence-corrected chi connectivity index (χ1v) is 5.31. The second kappa shape index (κ2) is 5.10. The van der Waals surface area contributed by atoms with E-state index in [1.54, 1.807) is 0 Å². The van der Waals surface area contributed by atoms with Crippen LogP contribution in [0.2, 0.25) is 0 Å². The summed E-state index contributed by atoms with van der Waals surface area (Å²) >= 11 is 0. The van der Waals surface area contributed by atoms with Gasteiger partial charge in [0.1, 0.15) is 5.82 Å². The average Bonchev–Trinajstić information content (AvgIpc) is 2.60. The lowest BCUT2D eigenvalue weighted by molar-refractivity contribution is 0.143. The Morgan fingerprint density at radius 1 is 1.29 bits per heavy atom. The van der Waals surface area contributed by atoms with Crippen LogP contribution in [0.5, 0.6) is 0 Å². The van der Waals surface area contributed by atoms with Crippen molar-refractivity contribution in [1.29, 1.82) is 0 Å². The zero-order chi connectivity index (χ0) is 10.6. The van der Waals surface area contributed by atoms with Crippen LogP contribution < -0.4 is 0 Å². The summed E-state index contributed by atoms with van der Waals surface area (Å²) in [4.78, 5) is 4.38. The molecule has 14 heavy (non-hydrogen) atoms. The molecule has 1 heterocycles. The molecule has 0 aliphatic heterocycles. The smallest absolute Gasteiger partial charge is 0.150 e. The zero-order valence-electron chi connectivity index (χ0n) is 9.19. The van der Waals surface area contributed by atoms with Crippen molar-refractivity contribution in [2.24, 2.45) is 0 Å². The van der Waals surface area contributed by atoms with Crippen molar-refractivity contribution < 1.29 is 5.11 Å². The van der Waals surface area contributed by atoms with Crippen molar-refractivity contribution in [2.45, 2.75) is 52.7 Å². The maximum Gasteiger partial charge on any atom is 0.150 e. The molecule has 1 N–H and O–H groups in total. The Hall–Kier alpha value is -0.900. The monoisotopic (exact) mass is 197 g/mol. The van der Waals surface area contributed by atoms with Crippen LogP contribution in [-0.4, -0.2) is 26.0 Å². The molecule has 1 rings (SSSR count). The molecular formula is C10H19N3O. The molecule has 0 fully saturated rings. The second-order valence-corrected chi connectivity index (χ2v) is 3.40. The number of hydrogen-bond acceptors (Lipinski definition) is 3. The molecule has 0 saturated heterocycles. The lowest BCUT2D eigenvalue weighted by Gasteiger charge is -2.08. The molecule has 4 heteroatoms. The minimum atomic E-state index is -0.313. The van der Waals surface area contributed by atoms with Crippen molar-refractivity contribution >= 4 is 0 Å². The van der Waals surface area contributed by atoms with Crippen molar-refractivity contribution in [2.75, 3.05) is 0 Å². The van der Waals surface area contributed by atoms with Gasteiger partial charge in [-0.3, -0.25) is 0 Å². The number of aliphatic hydroxyl groups is 1. The van der Waals surface area contributed by atoms with Gasteiger partial charge in [0.25, 0.3) is 0 Å². The Balaban J connectivity index is 2.78. The number of aliphatic hydroxyl groups excluding tert-OH is 1. The molecule has 0 bridgehead atoms. The van der Waals surface area contributed by atoms with Crippen LogP contribution in [0, 0.1) is 0 Å².